The average Bonchev–Trinajstić information content (AvgIpc) is 2.75. The highest BCUT2D eigenvalue weighted by atomic mass is 16.5. The van der Waals surface area contributed by atoms with E-state index in [4.69, 9.17) is 14.7 Å². The fourth-order valence-corrected chi connectivity index (χ4v) is 3.42. The molecule has 0 unspecified atom stereocenters. The van der Waals surface area contributed by atoms with Crippen LogP contribution in [-0.4, -0.2) is 62.7 Å². The van der Waals surface area contributed by atoms with Crippen molar-refractivity contribution < 1.29 is 14.3 Å². The summed E-state index contributed by atoms with van der Waals surface area (Å²) in [6.07, 6.45) is 0. The Bertz CT molecular complexity index is 886. The highest BCUT2D eigenvalue weighted by molar-refractivity contribution is 5.92. The molecule has 29 heavy (non-hydrogen) atoms. The van der Waals surface area contributed by atoms with E-state index in [1.165, 1.54) is 0 Å². The van der Waals surface area contributed by atoms with Gasteiger partial charge < -0.3 is 14.8 Å². The summed E-state index contributed by atoms with van der Waals surface area (Å²) in [7, 11) is 3.33. The van der Waals surface area contributed by atoms with E-state index in [0.717, 1.165) is 49.8 Å². The van der Waals surface area contributed by atoms with Gasteiger partial charge in [0.05, 0.1) is 32.4 Å². The molecular formula is C22H26N4O3. The predicted octanol–water partition coefficient (Wildman–Crippen LogP) is 2.33. The van der Waals surface area contributed by atoms with E-state index in [9.17, 15) is 4.79 Å². The van der Waals surface area contributed by atoms with Gasteiger partial charge in [0.2, 0.25) is 5.91 Å². The molecule has 1 fully saturated rings. The van der Waals surface area contributed by atoms with E-state index in [1.54, 1.807) is 38.5 Å². The van der Waals surface area contributed by atoms with Crippen molar-refractivity contribution in [3.63, 3.8) is 0 Å². The number of carbonyl (C=O) groups excluding carboxylic acids is 1. The molecule has 2 aromatic rings. The number of nitrogens with one attached hydrogen (secondary N) is 1. The zero-order valence-corrected chi connectivity index (χ0v) is 16.9. The van der Waals surface area contributed by atoms with E-state index in [0.29, 0.717) is 17.8 Å². The minimum absolute atomic E-state index is 0.0667. The third-order valence-corrected chi connectivity index (χ3v) is 4.99. The van der Waals surface area contributed by atoms with Gasteiger partial charge >= 0.3 is 0 Å². The average molecular weight is 394 g/mol. The van der Waals surface area contributed by atoms with Crippen LogP contribution in [0.15, 0.2) is 42.5 Å². The van der Waals surface area contributed by atoms with Gasteiger partial charge in [-0.2, -0.15) is 5.26 Å². The van der Waals surface area contributed by atoms with Crippen molar-refractivity contribution in [1.82, 2.24) is 9.80 Å². The molecular weight excluding hydrogens is 368 g/mol. The number of ether oxygens (including phenoxy) is 2. The van der Waals surface area contributed by atoms with Gasteiger partial charge in [0, 0.05) is 44.0 Å². The van der Waals surface area contributed by atoms with Gasteiger partial charge in [-0.1, -0.05) is 6.07 Å². The predicted molar refractivity (Wildman–Crippen MR) is 111 cm³/mol. The van der Waals surface area contributed by atoms with Crippen LogP contribution in [0.1, 0.15) is 11.1 Å². The Morgan fingerprint density at radius 3 is 2.52 bits per heavy atom. The van der Waals surface area contributed by atoms with E-state index in [1.807, 2.05) is 18.2 Å². The summed E-state index contributed by atoms with van der Waals surface area (Å²) in [6.45, 7) is 4.50. The zero-order chi connectivity index (χ0) is 20.6. The molecule has 1 saturated heterocycles. The van der Waals surface area contributed by atoms with Gasteiger partial charge in [0.1, 0.15) is 11.5 Å². The number of amides is 1. The summed E-state index contributed by atoms with van der Waals surface area (Å²) >= 11 is 0. The second-order valence-corrected chi connectivity index (χ2v) is 6.97. The van der Waals surface area contributed by atoms with Crippen molar-refractivity contribution in [3.05, 3.63) is 53.6 Å². The van der Waals surface area contributed by atoms with Crippen LogP contribution in [0.4, 0.5) is 5.69 Å². The molecule has 1 amide bonds. The first-order chi connectivity index (χ1) is 14.1. The molecule has 0 atom stereocenters. The molecule has 2 aromatic carbocycles. The summed E-state index contributed by atoms with van der Waals surface area (Å²) in [5, 5.41) is 11.8. The number of rotatable bonds is 7. The van der Waals surface area contributed by atoms with Gasteiger partial charge in [-0.05, 0) is 36.4 Å². The first-order valence-electron chi connectivity index (χ1n) is 9.57. The highest BCUT2D eigenvalue weighted by Gasteiger charge is 2.20. The number of carbonyl (C=O) groups is 1. The molecule has 7 heteroatoms. The summed E-state index contributed by atoms with van der Waals surface area (Å²) in [6, 6.07) is 14.9. The molecule has 3 rings (SSSR count). The summed E-state index contributed by atoms with van der Waals surface area (Å²) in [5.74, 6) is 1.60. The lowest BCUT2D eigenvalue weighted by Gasteiger charge is -2.34. The number of piperazine rings is 1. The summed E-state index contributed by atoms with van der Waals surface area (Å²) in [4.78, 5) is 16.8. The lowest BCUT2D eigenvalue weighted by atomic mass is 10.1. The minimum atomic E-state index is -0.0667. The van der Waals surface area contributed by atoms with Crippen LogP contribution in [0.5, 0.6) is 11.5 Å². The van der Waals surface area contributed by atoms with Gasteiger partial charge in [-0.3, -0.25) is 14.6 Å². The first-order valence-corrected chi connectivity index (χ1v) is 9.57. The fraction of sp³-hybridized carbons (Fsp3) is 0.364. The Kier molecular flexibility index (Phi) is 7.06. The number of benzene rings is 2. The molecule has 0 bridgehead atoms. The second-order valence-electron chi connectivity index (χ2n) is 6.97. The van der Waals surface area contributed by atoms with Gasteiger partial charge in [-0.25, -0.2) is 0 Å². The molecule has 0 aliphatic carbocycles. The van der Waals surface area contributed by atoms with Crippen LogP contribution in [0, 0.1) is 11.3 Å². The summed E-state index contributed by atoms with van der Waals surface area (Å²) in [5.41, 5.74) is 2.28. The van der Waals surface area contributed by atoms with Crippen LogP contribution in [0.2, 0.25) is 0 Å². The number of hydrogen-bond donors (Lipinski definition) is 1. The Morgan fingerprint density at radius 1 is 1.07 bits per heavy atom. The fourth-order valence-electron chi connectivity index (χ4n) is 3.42. The smallest absolute Gasteiger partial charge is 0.238 e. The molecule has 7 nitrogen and oxygen atoms in total. The maximum atomic E-state index is 12.3. The quantitative estimate of drug-likeness (QED) is 0.777. The third-order valence-electron chi connectivity index (χ3n) is 4.99. The Morgan fingerprint density at radius 2 is 1.83 bits per heavy atom. The second kappa shape index (κ2) is 9.92. The van der Waals surface area contributed by atoms with Crippen molar-refractivity contribution in [3.8, 4) is 17.6 Å². The molecule has 1 aliphatic rings. The van der Waals surface area contributed by atoms with Crippen molar-refractivity contribution in [2.24, 2.45) is 0 Å². The van der Waals surface area contributed by atoms with Crippen LogP contribution >= 0.6 is 0 Å². The molecule has 1 aliphatic heterocycles. The Hall–Kier alpha value is -3.08. The van der Waals surface area contributed by atoms with Gasteiger partial charge in [-0.15, -0.1) is 0 Å². The van der Waals surface area contributed by atoms with Crippen LogP contribution < -0.4 is 14.8 Å². The Labute approximate surface area is 171 Å². The lowest BCUT2D eigenvalue weighted by molar-refractivity contribution is -0.117. The maximum Gasteiger partial charge on any atom is 0.238 e. The van der Waals surface area contributed by atoms with E-state index < -0.39 is 0 Å². The summed E-state index contributed by atoms with van der Waals surface area (Å²) < 4.78 is 10.8. The molecule has 152 valence electrons. The minimum Gasteiger partial charge on any atom is -0.497 e. The van der Waals surface area contributed by atoms with Gasteiger partial charge in [0.15, 0.2) is 0 Å². The SMILES string of the molecule is COc1ccc(OC)c(CN2CCN(CC(=O)Nc3cccc(C#N)c3)CC2)c1. The van der Waals surface area contributed by atoms with Gasteiger partial charge in [0.25, 0.3) is 0 Å². The number of nitrogens with zero attached hydrogens (tertiary/aromatic N) is 3. The standard InChI is InChI=1S/C22H26N4O3/c1-28-20-6-7-21(29-2)18(13-20)15-25-8-10-26(11-9-25)16-22(27)24-19-5-3-4-17(12-19)14-23/h3-7,12-13H,8-11,15-16H2,1-2H3,(H,24,27). The zero-order valence-electron chi connectivity index (χ0n) is 16.9. The van der Waals surface area contributed by atoms with Crippen LogP contribution in [0.3, 0.4) is 0 Å². The van der Waals surface area contributed by atoms with Crippen molar-refractivity contribution >= 4 is 11.6 Å². The molecule has 0 spiro atoms. The normalized spacial score (nSPS) is 14.8. The highest BCUT2D eigenvalue weighted by Crippen LogP contribution is 2.25. The molecule has 0 radical (unpaired) electrons. The van der Waals surface area contributed by atoms with Crippen LogP contribution in [0.25, 0.3) is 0 Å². The molecule has 0 aromatic heterocycles. The Balaban J connectivity index is 1.49. The number of anilines is 1. The van der Waals surface area contributed by atoms with Crippen molar-refractivity contribution in [1.29, 1.82) is 5.26 Å². The van der Waals surface area contributed by atoms with Crippen molar-refractivity contribution in [2.45, 2.75) is 6.54 Å². The molecule has 0 saturated carbocycles. The topological polar surface area (TPSA) is 77.8 Å². The maximum absolute atomic E-state index is 12.3. The first kappa shape index (κ1) is 20.6. The van der Waals surface area contributed by atoms with E-state index >= 15 is 0 Å². The number of nitriles is 1. The number of hydrogen-bond acceptors (Lipinski definition) is 6. The number of methoxy groups -OCH3 is 2. The lowest BCUT2D eigenvalue weighted by Crippen LogP contribution is -2.48. The largest absolute Gasteiger partial charge is 0.497 e. The molecule has 1 heterocycles. The monoisotopic (exact) mass is 394 g/mol. The van der Waals surface area contributed by atoms with Crippen molar-refractivity contribution in [2.75, 3.05) is 52.3 Å². The van der Waals surface area contributed by atoms with Crippen LogP contribution in [-0.2, 0) is 11.3 Å². The van der Waals surface area contributed by atoms with E-state index in [2.05, 4.69) is 21.2 Å². The van der Waals surface area contributed by atoms with E-state index in [-0.39, 0.29) is 5.91 Å². The molecule has 1 N–H and O–H groups in total. The third kappa shape index (κ3) is 5.70.